The van der Waals surface area contributed by atoms with Crippen molar-refractivity contribution >= 4 is 5.69 Å². The normalized spacial score (nSPS) is 13.6. The molecular weight excluding hydrogens is 186 g/mol. The molecule has 2 nitrogen and oxygen atoms in total. The Morgan fingerprint density at radius 2 is 1.80 bits per heavy atom. The van der Waals surface area contributed by atoms with E-state index < -0.39 is 0 Å². The van der Waals surface area contributed by atoms with Crippen LogP contribution in [-0.4, -0.2) is 18.3 Å². The molecule has 1 aromatic carbocycles. The molecule has 2 N–H and O–H groups in total. The number of benzene rings is 1. The first-order chi connectivity index (χ1) is 7.04. The number of anilines is 1. The first-order valence-corrected chi connectivity index (χ1v) is 5.44. The van der Waals surface area contributed by atoms with E-state index >= 15 is 0 Å². The van der Waals surface area contributed by atoms with Crippen LogP contribution >= 0.6 is 0 Å². The van der Waals surface area contributed by atoms with E-state index in [1.165, 1.54) is 0 Å². The van der Waals surface area contributed by atoms with Gasteiger partial charge in [0.2, 0.25) is 0 Å². The van der Waals surface area contributed by atoms with Gasteiger partial charge in [0.25, 0.3) is 0 Å². The molecule has 0 saturated heterocycles. The molecule has 0 heterocycles. The van der Waals surface area contributed by atoms with Gasteiger partial charge < -0.3 is 10.4 Å². The summed E-state index contributed by atoms with van der Waals surface area (Å²) in [7, 11) is 0. The van der Waals surface area contributed by atoms with Crippen LogP contribution in [0.15, 0.2) is 30.3 Å². The van der Waals surface area contributed by atoms with Crippen LogP contribution in [0.25, 0.3) is 0 Å². The molecule has 0 aliphatic carbocycles. The van der Waals surface area contributed by atoms with Crippen molar-refractivity contribution in [2.24, 2.45) is 11.3 Å². The van der Waals surface area contributed by atoms with Crippen LogP contribution in [0.3, 0.4) is 0 Å². The molecule has 84 valence electrons. The molecule has 0 radical (unpaired) electrons. The predicted molar refractivity (Wildman–Crippen MR) is 65.0 cm³/mol. The minimum Gasteiger partial charge on any atom is -0.396 e. The zero-order valence-corrected chi connectivity index (χ0v) is 9.83. The topological polar surface area (TPSA) is 32.3 Å². The molecule has 0 aliphatic rings. The highest BCUT2D eigenvalue weighted by atomic mass is 16.3. The summed E-state index contributed by atoms with van der Waals surface area (Å²) in [6.45, 7) is 7.50. The molecule has 1 aromatic rings. The summed E-state index contributed by atoms with van der Waals surface area (Å²) in [6.07, 6.45) is 0. The highest BCUT2D eigenvalue weighted by molar-refractivity contribution is 5.42. The molecular formula is C13H21NO. The van der Waals surface area contributed by atoms with Crippen molar-refractivity contribution in [2.75, 3.05) is 18.5 Å². The second-order valence-corrected chi connectivity index (χ2v) is 4.99. The number of hydrogen-bond donors (Lipinski definition) is 2. The monoisotopic (exact) mass is 207 g/mol. The van der Waals surface area contributed by atoms with Crippen molar-refractivity contribution < 1.29 is 5.11 Å². The molecule has 15 heavy (non-hydrogen) atoms. The molecule has 0 saturated carbocycles. The second kappa shape index (κ2) is 5.17. The van der Waals surface area contributed by atoms with Crippen molar-refractivity contribution in [2.45, 2.75) is 20.8 Å². The second-order valence-electron chi connectivity index (χ2n) is 4.99. The number of rotatable bonds is 4. The number of aliphatic hydroxyl groups excluding tert-OH is 1. The Kier molecular flexibility index (Phi) is 4.15. The highest BCUT2D eigenvalue weighted by Gasteiger charge is 2.23. The highest BCUT2D eigenvalue weighted by Crippen LogP contribution is 2.25. The first kappa shape index (κ1) is 12.1. The Labute approximate surface area is 92.3 Å². The summed E-state index contributed by atoms with van der Waals surface area (Å²) in [6, 6.07) is 10.1. The van der Waals surface area contributed by atoms with Crippen molar-refractivity contribution in [1.29, 1.82) is 0 Å². The molecule has 1 atom stereocenters. The van der Waals surface area contributed by atoms with E-state index in [0.29, 0.717) is 0 Å². The average molecular weight is 207 g/mol. The summed E-state index contributed by atoms with van der Waals surface area (Å²) in [5.41, 5.74) is 1.25. The predicted octanol–water partition coefficient (Wildman–Crippen LogP) is 2.75. The minimum absolute atomic E-state index is 0.135. The third kappa shape index (κ3) is 3.92. The summed E-state index contributed by atoms with van der Waals surface area (Å²) in [5.74, 6) is 0.276. The lowest BCUT2D eigenvalue weighted by molar-refractivity contribution is 0.141. The van der Waals surface area contributed by atoms with Gasteiger partial charge in [-0.05, 0) is 17.5 Å². The molecule has 1 unspecified atom stereocenters. The van der Waals surface area contributed by atoms with E-state index in [1.54, 1.807) is 0 Å². The fourth-order valence-electron chi connectivity index (χ4n) is 1.44. The van der Waals surface area contributed by atoms with E-state index in [4.69, 9.17) is 0 Å². The van der Waals surface area contributed by atoms with Crippen LogP contribution in [0.5, 0.6) is 0 Å². The van der Waals surface area contributed by atoms with Gasteiger partial charge in [-0.15, -0.1) is 0 Å². The molecule has 2 heteroatoms. The molecule has 0 fully saturated rings. The minimum atomic E-state index is 0.135. The Morgan fingerprint density at radius 3 is 2.27 bits per heavy atom. The van der Waals surface area contributed by atoms with Gasteiger partial charge >= 0.3 is 0 Å². The van der Waals surface area contributed by atoms with Crippen molar-refractivity contribution in [3.63, 3.8) is 0 Å². The molecule has 1 rings (SSSR count). The van der Waals surface area contributed by atoms with Crippen molar-refractivity contribution in [3.05, 3.63) is 30.3 Å². The maximum absolute atomic E-state index is 9.30. The lowest BCUT2D eigenvalue weighted by Gasteiger charge is -2.29. The van der Waals surface area contributed by atoms with Gasteiger partial charge in [-0.25, -0.2) is 0 Å². The number of aliphatic hydroxyl groups is 1. The maximum Gasteiger partial charge on any atom is 0.0481 e. The number of para-hydroxylation sites is 1. The zero-order valence-electron chi connectivity index (χ0n) is 9.83. The number of hydrogen-bond acceptors (Lipinski definition) is 2. The fourth-order valence-corrected chi connectivity index (χ4v) is 1.44. The summed E-state index contributed by atoms with van der Waals surface area (Å²) < 4.78 is 0. The Hall–Kier alpha value is -1.02. The van der Waals surface area contributed by atoms with E-state index in [9.17, 15) is 5.11 Å². The van der Waals surface area contributed by atoms with Gasteiger partial charge in [0.05, 0.1) is 0 Å². The van der Waals surface area contributed by atoms with Crippen molar-refractivity contribution in [1.82, 2.24) is 0 Å². The SMILES string of the molecule is CC(C)(C)C(CO)CNc1ccccc1. The van der Waals surface area contributed by atoms with Gasteiger partial charge in [0.1, 0.15) is 0 Å². The Morgan fingerprint density at radius 1 is 1.20 bits per heavy atom. The van der Waals surface area contributed by atoms with Crippen molar-refractivity contribution in [3.8, 4) is 0 Å². The smallest absolute Gasteiger partial charge is 0.0481 e. The lowest BCUT2D eigenvalue weighted by Crippen LogP contribution is -2.30. The Balaban J connectivity index is 2.49. The van der Waals surface area contributed by atoms with Gasteiger partial charge in [-0.2, -0.15) is 0 Å². The molecule has 0 aromatic heterocycles. The van der Waals surface area contributed by atoms with Gasteiger partial charge in [0, 0.05) is 24.8 Å². The molecule has 0 aliphatic heterocycles. The maximum atomic E-state index is 9.30. The van der Waals surface area contributed by atoms with Gasteiger partial charge in [0.15, 0.2) is 0 Å². The van der Waals surface area contributed by atoms with Gasteiger partial charge in [-0.3, -0.25) is 0 Å². The molecule has 0 spiro atoms. The summed E-state index contributed by atoms with van der Waals surface area (Å²) in [5, 5.41) is 12.6. The van der Waals surface area contributed by atoms with E-state index in [2.05, 4.69) is 26.1 Å². The average Bonchev–Trinajstić information content (AvgIpc) is 2.18. The summed E-state index contributed by atoms with van der Waals surface area (Å²) in [4.78, 5) is 0. The van der Waals surface area contributed by atoms with Crippen LogP contribution in [0.1, 0.15) is 20.8 Å². The van der Waals surface area contributed by atoms with E-state index in [-0.39, 0.29) is 17.9 Å². The molecule has 0 bridgehead atoms. The van der Waals surface area contributed by atoms with Gasteiger partial charge in [-0.1, -0.05) is 39.0 Å². The van der Waals surface area contributed by atoms with Crippen LogP contribution in [0, 0.1) is 11.3 Å². The van der Waals surface area contributed by atoms with Crippen LogP contribution < -0.4 is 5.32 Å². The lowest BCUT2D eigenvalue weighted by atomic mass is 9.81. The van der Waals surface area contributed by atoms with E-state index in [1.807, 2.05) is 30.3 Å². The first-order valence-electron chi connectivity index (χ1n) is 5.44. The van der Waals surface area contributed by atoms with Crippen LogP contribution in [-0.2, 0) is 0 Å². The van der Waals surface area contributed by atoms with Crippen LogP contribution in [0.4, 0.5) is 5.69 Å². The number of nitrogens with one attached hydrogen (secondary N) is 1. The summed E-state index contributed by atoms with van der Waals surface area (Å²) >= 11 is 0. The standard InChI is InChI=1S/C13H21NO/c1-13(2,3)11(10-15)9-14-12-7-5-4-6-8-12/h4-8,11,14-15H,9-10H2,1-3H3. The molecule has 0 amide bonds. The zero-order chi connectivity index (χ0) is 11.3. The van der Waals surface area contributed by atoms with Crippen LogP contribution in [0.2, 0.25) is 0 Å². The quantitative estimate of drug-likeness (QED) is 0.795. The Bertz CT molecular complexity index is 276. The van der Waals surface area contributed by atoms with E-state index in [0.717, 1.165) is 12.2 Å². The largest absolute Gasteiger partial charge is 0.396 e. The third-order valence-electron chi connectivity index (χ3n) is 2.77. The third-order valence-corrected chi connectivity index (χ3v) is 2.77. The fraction of sp³-hybridized carbons (Fsp3) is 0.538.